The number of allylic oxidation sites excluding steroid dienone is 1. The number of benzene rings is 2. The molecule has 0 bridgehead atoms. The van der Waals surface area contributed by atoms with E-state index in [1.54, 1.807) is 48.5 Å². The molecule has 0 atom stereocenters. The van der Waals surface area contributed by atoms with Gasteiger partial charge in [-0.1, -0.05) is 24.3 Å². The van der Waals surface area contributed by atoms with Crippen LogP contribution in [0.2, 0.25) is 0 Å². The van der Waals surface area contributed by atoms with Gasteiger partial charge in [0, 0.05) is 25.4 Å². The van der Waals surface area contributed by atoms with Gasteiger partial charge in [0.15, 0.2) is 5.40 Å². The van der Waals surface area contributed by atoms with Crippen LogP contribution in [0.5, 0.6) is 0 Å². The highest BCUT2D eigenvalue weighted by molar-refractivity contribution is 7.72. The van der Waals surface area contributed by atoms with Crippen molar-refractivity contribution in [2.75, 3.05) is 19.0 Å². The Morgan fingerprint density at radius 3 is 2.10 bits per heavy atom. The summed E-state index contributed by atoms with van der Waals surface area (Å²) < 4.78 is 24.9. The third kappa shape index (κ3) is 5.02. The minimum absolute atomic E-state index is 0.152. The molecule has 0 fully saturated rings. The molecule has 4 N–H and O–H groups in total. The molecule has 0 aliphatic carbocycles. The maximum Gasteiger partial charge on any atom is 0.345 e. The molecule has 0 aliphatic rings. The van der Waals surface area contributed by atoms with Gasteiger partial charge in [-0.25, -0.2) is 4.98 Å². The van der Waals surface area contributed by atoms with E-state index in [1.807, 2.05) is 19.0 Å². The monoisotopic (exact) mass is 454 g/mol. The Bertz CT molecular complexity index is 1090. The van der Waals surface area contributed by atoms with E-state index >= 15 is 0 Å². The lowest BCUT2D eigenvalue weighted by Crippen LogP contribution is -2.12. The number of rotatable bonds is 6. The highest BCUT2D eigenvalue weighted by Crippen LogP contribution is 2.65. The molecule has 1 aromatic heterocycles. The summed E-state index contributed by atoms with van der Waals surface area (Å²) in [5, 5.41) is -2.15. The van der Waals surface area contributed by atoms with Crippen molar-refractivity contribution in [3.63, 3.8) is 0 Å². The molecule has 0 radical (unpaired) electrons. The van der Waals surface area contributed by atoms with E-state index in [2.05, 4.69) is 4.98 Å². The van der Waals surface area contributed by atoms with Crippen molar-refractivity contribution in [2.45, 2.75) is 5.40 Å². The van der Waals surface area contributed by atoms with E-state index in [1.165, 1.54) is 6.08 Å². The predicted octanol–water partition coefficient (Wildman–Crippen LogP) is 3.58. The number of thiazole rings is 1. The summed E-state index contributed by atoms with van der Waals surface area (Å²) in [6.45, 7) is 0. The van der Waals surface area contributed by atoms with E-state index in [9.17, 15) is 28.7 Å². The van der Waals surface area contributed by atoms with Crippen LogP contribution in [-0.2, 0) is 9.13 Å². The molecule has 2 aromatic carbocycles. The lowest BCUT2D eigenvalue weighted by atomic mass is 10.1. The molecule has 154 valence electrons. The fourth-order valence-electron chi connectivity index (χ4n) is 2.85. The minimum atomic E-state index is -5.20. The molecule has 0 saturated heterocycles. The normalized spacial score (nSPS) is 13.3. The molecule has 0 saturated carbocycles. The van der Waals surface area contributed by atoms with Gasteiger partial charge >= 0.3 is 15.2 Å². The predicted molar refractivity (Wildman–Crippen MR) is 116 cm³/mol. The fraction of sp³-hybridized carbons (Fsp3) is 0.167. The Kier molecular flexibility index (Phi) is 6.13. The number of para-hydroxylation sites is 1. The summed E-state index contributed by atoms with van der Waals surface area (Å²) in [6.07, 6.45) is 1.38. The van der Waals surface area contributed by atoms with Crippen LogP contribution in [-0.4, -0.2) is 44.1 Å². The number of hydrogen-bond acceptors (Lipinski definition) is 5. The van der Waals surface area contributed by atoms with E-state index in [-0.39, 0.29) is 10.6 Å². The average Bonchev–Trinajstić information content (AvgIpc) is 3.03. The van der Waals surface area contributed by atoms with Crippen molar-refractivity contribution in [1.29, 1.82) is 0 Å². The van der Waals surface area contributed by atoms with Gasteiger partial charge in [-0.15, -0.1) is 11.3 Å². The highest BCUT2D eigenvalue weighted by atomic mass is 32.1. The largest absolute Gasteiger partial charge is 0.378 e. The summed E-state index contributed by atoms with van der Waals surface area (Å²) >= 11 is 1.12. The summed E-state index contributed by atoms with van der Waals surface area (Å²) in [5.74, 6) is 0. The van der Waals surface area contributed by atoms with Crippen LogP contribution in [0, 0.1) is 0 Å². The molecule has 0 amide bonds. The smallest absolute Gasteiger partial charge is 0.345 e. The first-order chi connectivity index (χ1) is 13.5. The molecular weight excluding hydrogens is 434 g/mol. The number of nitrogens with zero attached hydrogens (tertiary/aromatic N) is 2. The summed E-state index contributed by atoms with van der Waals surface area (Å²) in [5.41, 5.74) is 1.84. The summed E-state index contributed by atoms with van der Waals surface area (Å²) in [7, 11) is -6.65. The van der Waals surface area contributed by atoms with Gasteiger partial charge in [-0.2, -0.15) is 0 Å². The van der Waals surface area contributed by atoms with E-state index in [4.69, 9.17) is 0 Å². The molecule has 11 heteroatoms. The third-order valence-electron chi connectivity index (χ3n) is 4.19. The minimum Gasteiger partial charge on any atom is -0.378 e. The highest BCUT2D eigenvalue weighted by Gasteiger charge is 2.47. The molecule has 0 unspecified atom stereocenters. The van der Waals surface area contributed by atoms with E-state index < -0.39 is 20.6 Å². The molecule has 1 heterocycles. The Morgan fingerprint density at radius 1 is 1.00 bits per heavy atom. The molecule has 3 rings (SSSR count). The number of fused-ring (bicyclic) bond motifs is 1. The third-order valence-corrected chi connectivity index (χ3v) is 8.91. The van der Waals surface area contributed by atoms with E-state index in [0.717, 1.165) is 21.7 Å². The molecule has 29 heavy (non-hydrogen) atoms. The van der Waals surface area contributed by atoms with Crippen LogP contribution in [0.25, 0.3) is 21.9 Å². The van der Waals surface area contributed by atoms with Crippen LogP contribution < -0.4 is 4.90 Å². The van der Waals surface area contributed by atoms with Gasteiger partial charge in [0.25, 0.3) is 0 Å². The quantitative estimate of drug-likeness (QED) is 0.416. The average molecular weight is 454 g/mol. The standard InChI is InChI=1S/C18H20N2O6P2S/c1-20(2)13-9-7-12(8-10-13)11-14(18(27(21,22)23)28(24,25)26)17-19-15-5-3-4-6-16(15)29-17/h3-11,18H,1-2H3,(H2,21,22,23)(H2,24,25,26)/b14-11+. The maximum absolute atomic E-state index is 12.1. The number of aromatic nitrogens is 1. The van der Waals surface area contributed by atoms with Crippen LogP contribution in [0.4, 0.5) is 5.69 Å². The van der Waals surface area contributed by atoms with Gasteiger partial charge < -0.3 is 24.5 Å². The first-order valence-corrected chi connectivity index (χ1v) is 12.6. The first kappa shape index (κ1) is 21.9. The van der Waals surface area contributed by atoms with E-state index in [0.29, 0.717) is 11.1 Å². The second-order valence-electron chi connectivity index (χ2n) is 6.62. The van der Waals surface area contributed by atoms with Crippen LogP contribution >= 0.6 is 26.5 Å². The van der Waals surface area contributed by atoms with Crippen molar-refractivity contribution in [1.82, 2.24) is 4.98 Å². The van der Waals surface area contributed by atoms with Crippen LogP contribution in [0.3, 0.4) is 0 Å². The second kappa shape index (κ2) is 8.13. The first-order valence-electron chi connectivity index (χ1n) is 8.42. The molecule has 0 spiro atoms. The van der Waals surface area contributed by atoms with Gasteiger partial charge in [0.2, 0.25) is 0 Å². The topological polar surface area (TPSA) is 131 Å². The molecule has 8 nitrogen and oxygen atoms in total. The Hall–Kier alpha value is -1.83. The Balaban J connectivity index is 2.22. The SMILES string of the molecule is CN(C)c1ccc(/C=C(\c2nc3ccccc3s2)C(P(=O)(O)O)P(=O)(O)O)cc1. The zero-order valence-electron chi connectivity index (χ0n) is 15.6. The Labute approximate surface area is 171 Å². The molecule has 3 aromatic rings. The Morgan fingerprint density at radius 2 is 1.59 bits per heavy atom. The fourth-order valence-corrected chi connectivity index (χ4v) is 6.72. The molecular formula is C18H20N2O6P2S. The maximum atomic E-state index is 12.1. The van der Waals surface area contributed by atoms with Gasteiger partial charge in [0.1, 0.15) is 5.01 Å². The van der Waals surface area contributed by atoms with Crippen molar-refractivity contribution in [3.8, 4) is 0 Å². The molecule has 0 aliphatic heterocycles. The van der Waals surface area contributed by atoms with Crippen LogP contribution in [0.15, 0.2) is 48.5 Å². The van der Waals surface area contributed by atoms with Gasteiger partial charge in [-0.3, -0.25) is 9.13 Å². The summed E-state index contributed by atoms with van der Waals surface area (Å²) in [6, 6.07) is 14.1. The van der Waals surface area contributed by atoms with Crippen molar-refractivity contribution in [3.05, 3.63) is 59.1 Å². The van der Waals surface area contributed by atoms with Crippen LogP contribution in [0.1, 0.15) is 10.6 Å². The van der Waals surface area contributed by atoms with Gasteiger partial charge in [0.05, 0.1) is 10.2 Å². The van der Waals surface area contributed by atoms with Crippen molar-refractivity contribution in [2.24, 2.45) is 0 Å². The lowest BCUT2D eigenvalue weighted by Gasteiger charge is -2.21. The number of hydrogen-bond donors (Lipinski definition) is 4. The number of anilines is 1. The zero-order chi connectivity index (χ0) is 21.4. The summed E-state index contributed by atoms with van der Waals surface area (Å²) in [4.78, 5) is 45.3. The zero-order valence-corrected chi connectivity index (χ0v) is 18.2. The van der Waals surface area contributed by atoms with Crippen molar-refractivity contribution >= 4 is 54.1 Å². The van der Waals surface area contributed by atoms with Crippen molar-refractivity contribution < 1.29 is 28.7 Å². The second-order valence-corrected chi connectivity index (χ2v) is 11.5. The lowest BCUT2D eigenvalue weighted by molar-refractivity contribution is 0.348. The van der Waals surface area contributed by atoms with Gasteiger partial charge in [-0.05, 0) is 35.9 Å².